The molecule has 0 unspecified atom stereocenters. The number of carbonyl (C=O) groups is 1. The number of halogens is 1. The molecule has 1 aromatic heterocycles. The summed E-state index contributed by atoms with van der Waals surface area (Å²) in [5.41, 5.74) is 0.837. The summed E-state index contributed by atoms with van der Waals surface area (Å²) in [6.45, 7) is 2.17. The van der Waals surface area contributed by atoms with Gasteiger partial charge in [-0.2, -0.15) is 0 Å². The zero-order valence-electron chi connectivity index (χ0n) is 12.2. The van der Waals surface area contributed by atoms with Crippen molar-refractivity contribution in [3.8, 4) is 0 Å². The van der Waals surface area contributed by atoms with E-state index in [0.717, 1.165) is 23.8 Å². The number of fused-ring (bicyclic) bond motifs is 1. The highest BCUT2D eigenvalue weighted by molar-refractivity contribution is 6.31. The molecule has 0 bridgehead atoms. The van der Waals surface area contributed by atoms with E-state index in [0.29, 0.717) is 22.5 Å². The van der Waals surface area contributed by atoms with Crippen LogP contribution in [-0.4, -0.2) is 10.5 Å². The molecule has 114 valence electrons. The molecule has 5 heteroatoms. The van der Waals surface area contributed by atoms with Gasteiger partial charge >= 0.3 is 5.76 Å². The second-order valence-corrected chi connectivity index (χ2v) is 5.66. The van der Waals surface area contributed by atoms with Crippen molar-refractivity contribution in [3.63, 3.8) is 0 Å². The third-order valence-corrected chi connectivity index (χ3v) is 3.77. The number of aromatic nitrogens is 1. The molecule has 0 saturated carbocycles. The minimum Gasteiger partial charge on any atom is -0.407 e. The topological polar surface area (TPSA) is 52.2 Å². The summed E-state index contributed by atoms with van der Waals surface area (Å²) in [4.78, 5) is 24.0. The molecule has 0 N–H and O–H groups in total. The van der Waals surface area contributed by atoms with E-state index in [2.05, 4.69) is 6.92 Å². The fourth-order valence-corrected chi connectivity index (χ4v) is 2.56. The van der Waals surface area contributed by atoms with E-state index >= 15 is 0 Å². The first-order valence-corrected chi connectivity index (χ1v) is 7.85. The summed E-state index contributed by atoms with van der Waals surface area (Å²) < 4.78 is 6.15. The van der Waals surface area contributed by atoms with E-state index in [1.54, 1.807) is 18.2 Å². The molecule has 0 aliphatic rings. The van der Waals surface area contributed by atoms with Gasteiger partial charge in [0.25, 0.3) is 0 Å². The van der Waals surface area contributed by atoms with Gasteiger partial charge in [0, 0.05) is 11.4 Å². The summed E-state index contributed by atoms with van der Waals surface area (Å²) in [6.07, 6.45) is 6.93. The van der Waals surface area contributed by atoms with Crippen LogP contribution < -0.4 is 5.76 Å². The molecule has 1 heterocycles. The van der Waals surface area contributed by atoms with Crippen LogP contribution >= 0.6 is 11.6 Å². The number of hydrogen-bond donors (Lipinski definition) is 0. The zero-order chi connectivity index (χ0) is 15.2. The number of rotatable bonds is 7. The Morgan fingerprint density at radius 1 is 1.19 bits per heavy atom. The minimum absolute atomic E-state index is 0.225. The maximum Gasteiger partial charge on any atom is 0.426 e. The highest BCUT2D eigenvalue weighted by Gasteiger charge is 2.15. The molecule has 1 aromatic carbocycles. The fraction of sp³-hybridized carbons (Fsp3) is 0.500. The van der Waals surface area contributed by atoms with Crippen LogP contribution in [-0.2, 0) is 0 Å². The molecule has 2 aromatic rings. The van der Waals surface area contributed by atoms with Crippen molar-refractivity contribution in [2.24, 2.45) is 0 Å². The summed E-state index contributed by atoms with van der Waals surface area (Å²) >= 11 is 5.91. The lowest BCUT2D eigenvalue weighted by Gasteiger charge is -2.02. The van der Waals surface area contributed by atoms with Crippen LogP contribution in [0.15, 0.2) is 27.4 Å². The van der Waals surface area contributed by atoms with Crippen LogP contribution in [0, 0.1) is 0 Å². The first-order chi connectivity index (χ1) is 10.1. The Morgan fingerprint density at radius 2 is 1.90 bits per heavy atom. The molecule has 0 aliphatic carbocycles. The van der Waals surface area contributed by atoms with Crippen LogP contribution in [0.1, 0.15) is 56.7 Å². The van der Waals surface area contributed by atoms with Crippen molar-refractivity contribution in [2.75, 3.05) is 0 Å². The third-order valence-electron chi connectivity index (χ3n) is 3.54. The normalized spacial score (nSPS) is 11.1. The van der Waals surface area contributed by atoms with Gasteiger partial charge in [0.15, 0.2) is 5.58 Å². The summed E-state index contributed by atoms with van der Waals surface area (Å²) in [6, 6.07) is 4.82. The van der Waals surface area contributed by atoms with Gasteiger partial charge in [-0.05, 0) is 24.6 Å². The first kappa shape index (κ1) is 15.8. The monoisotopic (exact) mass is 309 g/mol. The number of nitrogens with zero attached hydrogens (tertiary/aromatic N) is 1. The average Bonchev–Trinajstić information content (AvgIpc) is 2.77. The smallest absolute Gasteiger partial charge is 0.407 e. The van der Waals surface area contributed by atoms with Crippen LogP contribution in [0.5, 0.6) is 0 Å². The molecule has 0 fully saturated rings. The van der Waals surface area contributed by atoms with Gasteiger partial charge in [-0.25, -0.2) is 9.36 Å². The maximum atomic E-state index is 12.2. The van der Waals surface area contributed by atoms with E-state index in [1.165, 1.54) is 19.3 Å². The van der Waals surface area contributed by atoms with Crippen molar-refractivity contribution < 1.29 is 9.21 Å². The second-order valence-electron chi connectivity index (χ2n) is 5.23. The Labute approximate surface area is 128 Å². The molecule has 2 rings (SSSR count). The lowest BCUT2D eigenvalue weighted by molar-refractivity contribution is 0.0895. The molecule has 21 heavy (non-hydrogen) atoms. The molecule has 0 saturated heterocycles. The molecule has 0 spiro atoms. The Balaban J connectivity index is 2.01. The molecule has 0 aliphatic heterocycles. The van der Waals surface area contributed by atoms with Gasteiger partial charge < -0.3 is 4.42 Å². The van der Waals surface area contributed by atoms with Gasteiger partial charge in [0.1, 0.15) is 0 Å². The van der Waals surface area contributed by atoms with E-state index < -0.39 is 5.76 Å². The highest BCUT2D eigenvalue weighted by atomic mass is 35.5. The van der Waals surface area contributed by atoms with Gasteiger partial charge in [-0.15, -0.1) is 0 Å². The van der Waals surface area contributed by atoms with Crippen molar-refractivity contribution in [2.45, 2.75) is 51.9 Å². The Hall–Kier alpha value is -1.55. The van der Waals surface area contributed by atoms with Crippen molar-refractivity contribution >= 4 is 28.6 Å². The molecule has 0 amide bonds. The van der Waals surface area contributed by atoms with Crippen LogP contribution in [0.3, 0.4) is 0 Å². The summed E-state index contributed by atoms with van der Waals surface area (Å²) in [7, 11) is 0. The molecule has 0 atom stereocenters. The van der Waals surface area contributed by atoms with Crippen LogP contribution in [0.25, 0.3) is 11.1 Å². The third kappa shape index (κ3) is 3.97. The standard InChI is InChI=1S/C16H20ClNO3/c1-2-3-4-5-6-7-8-15(19)18-13-11-12(17)9-10-14(13)21-16(18)20/h9-11H,2-8H2,1H3. The van der Waals surface area contributed by atoms with Crippen LogP contribution in [0.4, 0.5) is 0 Å². The molecule has 4 nitrogen and oxygen atoms in total. The number of benzene rings is 1. The van der Waals surface area contributed by atoms with Crippen molar-refractivity contribution in [3.05, 3.63) is 33.8 Å². The van der Waals surface area contributed by atoms with Crippen LogP contribution in [0.2, 0.25) is 5.02 Å². The lowest BCUT2D eigenvalue weighted by Crippen LogP contribution is -2.22. The largest absolute Gasteiger partial charge is 0.426 e. The number of oxazole rings is 1. The van der Waals surface area contributed by atoms with Gasteiger partial charge in [-0.1, -0.05) is 50.6 Å². The quantitative estimate of drug-likeness (QED) is 0.700. The molecule has 0 radical (unpaired) electrons. The second kappa shape index (κ2) is 7.46. The SMILES string of the molecule is CCCCCCCCC(=O)n1c(=O)oc2ccc(Cl)cc21. The van der Waals surface area contributed by atoms with Gasteiger partial charge in [-0.3, -0.25) is 4.79 Å². The fourth-order valence-electron chi connectivity index (χ4n) is 2.39. The highest BCUT2D eigenvalue weighted by Crippen LogP contribution is 2.19. The lowest BCUT2D eigenvalue weighted by atomic mass is 10.1. The summed E-state index contributed by atoms with van der Waals surface area (Å²) in [5.74, 6) is -0.861. The van der Waals surface area contributed by atoms with Gasteiger partial charge in [0.05, 0.1) is 5.52 Å². The van der Waals surface area contributed by atoms with Crippen molar-refractivity contribution in [1.29, 1.82) is 0 Å². The molecular formula is C16H20ClNO3. The minimum atomic E-state index is -0.636. The Bertz CT molecular complexity index is 672. The van der Waals surface area contributed by atoms with Gasteiger partial charge in [0.2, 0.25) is 5.91 Å². The Kier molecular flexibility index (Phi) is 5.62. The first-order valence-electron chi connectivity index (χ1n) is 7.47. The summed E-state index contributed by atoms with van der Waals surface area (Å²) in [5, 5.41) is 0.476. The number of hydrogen-bond acceptors (Lipinski definition) is 3. The average molecular weight is 310 g/mol. The predicted octanol–water partition coefficient (Wildman–Crippen LogP) is 4.64. The van der Waals surface area contributed by atoms with Crippen molar-refractivity contribution in [1.82, 2.24) is 4.57 Å². The predicted molar refractivity (Wildman–Crippen MR) is 84.1 cm³/mol. The number of unbranched alkanes of at least 4 members (excludes halogenated alkanes) is 5. The van der Waals surface area contributed by atoms with E-state index in [9.17, 15) is 9.59 Å². The number of carbonyl (C=O) groups excluding carboxylic acids is 1. The van der Waals surface area contributed by atoms with E-state index in [-0.39, 0.29) is 5.91 Å². The van der Waals surface area contributed by atoms with E-state index in [4.69, 9.17) is 16.0 Å². The Morgan fingerprint density at radius 3 is 2.67 bits per heavy atom. The van der Waals surface area contributed by atoms with E-state index in [1.807, 2.05) is 0 Å². The zero-order valence-corrected chi connectivity index (χ0v) is 13.0. The maximum absolute atomic E-state index is 12.2. The molecular weight excluding hydrogens is 290 g/mol.